The molecule has 0 fully saturated rings. The van der Waals surface area contributed by atoms with Gasteiger partial charge in [-0.25, -0.2) is 4.79 Å². The summed E-state index contributed by atoms with van der Waals surface area (Å²) in [7, 11) is 2.94. The molecule has 10 nitrogen and oxygen atoms in total. The molecule has 11 heteroatoms. The highest BCUT2D eigenvalue weighted by Gasteiger charge is 2.17. The van der Waals surface area contributed by atoms with E-state index in [1.165, 1.54) is 19.1 Å². The van der Waals surface area contributed by atoms with Gasteiger partial charge in [0.1, 0.15) is 0 Å². The van der Waals surface area contributed by atoms with E-state index in [-0.39, 0.29) is 17.8 Å². The van der Waals surface area contributed by atoms with Crippen molar-refractivity contribution in [2.75, 3.05) is 33.1 Å². The van der Waals surface area contributed by atoms with E-state index in [0.717, 1.165) is 37.1 Å². The largest absolute Gasteiger partial charge is 0.468 e. The number of nitrogens with two attached hydrogens (primary N) is 1. The average Bonchev–Trinajstić information content (AvgIpc) is 3.19. The summed E-state index contributed by atoms with van der Waals surface area (Å²) in [6, 6.07) is 8.01. The molecule has 0 amide bonds. The summed E-state index contributed by atoms with van der Waals surface area (Å²) in [5.74, 6) is -0.0712. The minimum absolute atomic E-state index is 0.254. The molecular formula is C22H30N6O4S. The first kappa shape index (κ1) is 24.6. The molecule has 33 heavy (non-hydrogen) atoms. The molecule has 0 unspecified atom stereocenters. The standard InChI is InChI=1S/C22H30N6O4S/c1-4-5-13-32-21-26-18(23)17-19(27-21)28(22(25-17)31-3)12-7-6-11-24-33-16-10-8-9-15(14-16)20(29)30-2/h8-10,14,24H,4-7,11-13H2,1-3H3,(H2,23,26,27). The number of esters is 1. The number of fused-ring (bicyclic) bond motifs is 1. The van der Waals surface area contributed by atoms with Crippen LogP contribution in [0.2, 0.25) is 0 Å². The number of carbonyl (C=O) groups is 1. The molecule has 2 heterocycles. The van der Waals surface area contributed by atoms with Crippen molar-refractivity contribution in [1.82, 2.24) is 24.2 Å². The first-order valence-corrected chi connectivity index (χ1v) is 11.7. The predicted molar refractivity (Wildman–Crippen MR) is 128 cm³/mol. The molecule has 0 aliphatic heterocycles. The Kier molecular flexibility index (Phi) is 9.14. The molecule has 0 bridgehead atoms. The average molecular weight is 475 g/mol. The van der Waals surface area contributed by atoms with Gasteiger partial charge in [0.05, 0.1) is 26.4 Å². The predicted octanol–water partition coefficient (Wildman–Crippen LogP) is 3.46. The minimum Gasteiger partial charge on any atom is -0.468 e. The zero-order valence-corrected chi connectivity index (χ0v) is 20.0. The quantitative estimate of drug-likeness (QED) is 0.216. The lowest BCUT2D eigenvalue weighted by Gasteiger charge is -2.09. The lowest BCUT2D eigenvalue weighted by molar-refractivity contribution is 0.0600. The van der Waals surface area contributed by atoms with Gasteiger partial charge in [0, 0.05) is 18.0 Å². The van der Waals surface area contributed by atoms with Gasteiger partial charge in [-0.3, -0.25) is 9.29 Å². The fraction of sp³-hybridized carbons (Fsp3) is 0.455. The van der Waals surface area contributed by atoms with Crippen molar-refractivity contribution in [1.29, 1.82) is 0 Å². The number of nitrogens with zero attached hydrogens (tertiary/aromatic N) is 4. The van der Waals surface area contributed by atoms with Crippen molar-refractivity contribution < 1.29 is 19.0 Å². The molecule has 0 spiro atoms. The molecule has 3 N–H and O–H groups in total. The summed E-state index contributed by atoms with van der Waals surface area (Å²) in [5.41, 5.74) is 7.72. The second kappa shape index (κ2) is 12.3. The molecule has 3 rings (SSSR count). The lowest BCUT2D eigenvalue weighted by atomic mass is 10.2. The van der Waals surface area contributed by atoms with Crippen molar-refractivity contribution in [2.45, 2.75) is 44.0 Å². The zero-order chi connectivity index (χ0) is 23.6. The Labute approximate surface area is 197 Å². The Morgan fingerprint density at radius 1 is 1.18 bits per heavy atom. The van der Waals surface area contributed by atoms with Crippen LogP contribution in [0.15, 0.2) is 29.2 Å². The van der Waals surface area contributed by atoms with E-state index in [9.17, 15) is 4.79 Å². The van der Waals surface area contributed by atoms with Crippen LogP contribution in [0.1, 0.15) is 43.0 Å². The molecule has 2 aromatic heterocycles. The van der Waals surface area contributed by atoms with Crippen molar-refractivity contribution in [3.63, 3.8) is 0 Å². The van der Waals surface area contributed by atoms with E-state index in [0.29, 0.717) is 35.9 Å². The van der Waals surface area contributed by atoms with E-state index < -0.39 is 0 Å². The molecule has 0 aliphatic carbocycles. The van der Waals surface area contributed by atoms with E-state index in [1.807, 2.05) is 16.7 Å². The molecule has 0 saturated carbocycles. The molecule has 0 radical (unpaired) electrons. The Balaban J connectivity index is 1.55. The fourth-order valence-corrected chi connectivity index (χ4v) is 3.86. The molecule has 0 saturated heterocycles. The smallest absolute Gasteiger partial charge is 0.337 e. The van der Waals surface area contributed by atoms with Crippen LogP contribution in [0.5, 0.6) is 12.0 Å². The van der Waals surface area contributed by atoms with Gasteiger partial charge in [0.15, 0.2) is 17.0 Å². The maximum Gasteiger partial charge on any atom is 0.337 e. The van der Waals surface area contributed by atoms with Gasteiger partial charge in [-0.2, -0.15) is 15.0 Å². The second-order valence-corrected chi connectivity index (χ2v) is 8.20. The van der Waals surface area contributed by atoms with Crippen LogP contribution in [0.25, 0.3) is 11.2 Å². The Bertz CT molecular complexity index is 1070. The Morgan fingerprint density at radius 3 is 2.79 bits per heavy atom. The molecule has 178 valence electrons. The van der Waals surface area contributed by atoms with Crippen LogP contribution in [-0.4, -0.2) is 52.9 Å². The number of rotatable bonds is 13. The van der Waals surface area contributed by atoms with Gasteiger partial charge in [-0.15, -0.1) is 0 Å². The molecule has 1 aromatic carbocycles. The second-order valence-electron chi connectivity index (χ2n) is 7.24. The van der Waals surface area contributed by atoms with E-state index in [2.05, 4.69) is 26.6 Å². The number of ether oxygens (including phenoxy) is 3. The number of benzene rings is 1. The summed E-state index contributed by atoms with van der Waals surface area (Å²) in [6.45, 7) is 4.08. The Morgan fingerprint density at radius 2 is 2.03 bits per heavy atom. The van der Waals surface area contributed by atoms with Gasteiger partial charge in [0.25, 0.3) is 6.01 Å². The van der Waals surface area contributed by atoms with Crippen LogP contribution in [0.4, 0.5) is 5.82 Å². The number of aromatic nitrogens is 4. The number of aryl methyl sites for hydroxylation is 1. The van der Waals surface area contributed by atoms with Crippen LogP contribution in [-0.2, 0) is 11.3 Å². The summed E-state index contributed by atoms with van der Waals surface area (Å²) in [4.78, 5) is 25.7. The number of hydrogen-bond acceptors (Lipinski definition) is 10. The first-order valence-electron chi connectivity index (χ1n) is 10.9. The minimum atomic E-state index is -0.345. The summed E-state index contributed by atoms with van der Waals surface area (Å²) in [6.07, 6.45) is 3.72. The van der Waals surface area contributed by atoms with Gasteiger partial charge in [0.2, 0.25) is 0 Å². The van der Waals surface area contributed by atoms with Crippen molar-refractivity contribution >= 4 is 34.9 Å². The fourth-order valence-electron chi connectivity index (χ4n) is 3.12. The SMILES string of the molecule is CCCCOc1nc(N)c2nc(OC)n(CCCCNSc3cccc(C(=O)OC)c3)c2n1. The molecular weight excluding hydrogens is 444 g/mol. The third-order valence-electron chi connectivity index (χ3n) is 4.83. The third kappa shape index (κ3) is 6.48. The lowest BCUT2D eigenvalue weighted by Crippen LogP contribution is -2.09. The number of carbonyl (C=O) groups excluding carboxylic acids is 1. The van der Waals surface area contributed by atoms with Gasteiger partial charge >= 0.3 is 12.0 Å². The highest BCUT2D eigenvalue weighted by molar-refractivity contribution is 7.97. The number of anilines is 1. The normalized spacial score (nSPS) is 11.0. The number of methoxy groups -OCH3 is 2. The maximum atomic E-state index is 11.7. The van der Waals surface area contributed by atoms with Crippen LogP contribution < -0.4 is 19.9 Å². The van der Waals surface area contributed by atoms with Crippen LogP contribution in [0, 0.1) is 0 Å². The van der Waals surface area contributed by atoms with Crippen molar-refractivity contribution in [2.24, 2.45) is 0 Å². The van der Waals surface area contributed by atoms with E-state index in [1.54, 1.807) is 19.2 Å². The number of nitrogens with one attached hydrogen (secondary N) is 1. The van der Waals surface area contributed by atoms with Crippen LogP contribution >= 0.6 is 11.9 Å². The number of imidazole rings is 1. The highest BCUT2D eigenvalue weighted by Crippen LogP contribution is 2.26. The summed E-state index contributed by atoms with van der Waals surface area (Å²) in [5, 5.41) is 0. The highest BCUT2D eigenvalue weighted by atomic mass is 32.2. The summed E-state index contributed by atoms with van der Waals surface area (Å²) < 4.78 is 21.0. The molecule has 0 aliphatic rings. The van der Waals surface area contributed by atoms with Crippen molar-refractivity contribution in [3.8, 4) is 12.0 Å². The van der Waals surface area contributed by atoms with Gasteiger partial charge in [-0.1, -0.05) is 19.4 Å². The Hall–Kier alpha value is -3.05. The van der Waals surface area contributed by atoms with Crippen LogP contribution in [0.3, 0.4) is 0 Å². The van der Waals surface area contributed by atoms with Crippen molar-refractivity contribution in [3.05, 3.63) is 29.8 Å². The number of hydrogen-bond donors (Lipinski definition) is 2. The first-order chi connectivity index (χ1) is 16.1. The molecule has 3 aromatic rings. The van der Waals surface area contributed by atoms with Gasteiger partial charge in [-0.05, 0) is 49.4 Å². The third-order valence-corrected chi connectivity index (χ3v) is 5.67. The number of nitrogen functional groups attached to an aromatic ring is 1. The van der Waals surface area contributed by atoms with Gasteiger partial charge < -0.3 is 19.9 Å². The number of unbranched alkanes of at least 4 members (excludes halogenated alkanes) is 2. The summed E-state index contributed by atoms with van der Waals surface area (Å²) >= 11 is 1.48. The zero-order valence-electron chi connectivity index (χ0n) is 19.2. The molecule has 0 atom stereocenters. The van der Waals surface area contributed by atoms with E-state index in [4.69, 9.17) is 19.9 Å². The van der Waals surface area contributed by atoms with E-state index >= 15 is 0 Å². The monoisotopic (exact) mass is 474 g/mol. The topological polar surface area (TPSA) is 126 Å². The maximum absolute atomic E-state index is 11.7.